The first-order valence-electron chi connectivity index (χ1n) is 10.4. The highest BCUT2D eigenvalue weighted by atomic mass is 19.4. The first kappa shape index (κ1) is 23.1. The normalized spacial score (nSPS) is 14.5. The second kappa shape index (κ2) is 9.05. The number of nitrogens with one attached hydrogen (secondary N) is 2. The fourth-order valence-electron chi connectivity index (χ4n) is 3.80. The highest BCUT2D eigenvalue weighted by Crippen LogP contribution is 2.32. The fourth-order valence-corrected chi connectivity index (χ4v) is 3.80. The molecule has 0 bridgehead atoms. The van der Waals surface area contributed by atoms with Gasteiger partial charge in [-0.25, -0.2) is 5.43 Å². The molecule has 1 heterocycles. The quantitative estimate of drug-likeness (QED) is 0.464. The number of alkyl halides is 3. The molecule has 34 heavy (non-hydrogen) atoms. The molecule has 3 N–H and O–H groups in total. The van der Waals surface area contributed by atoms with Gasteiger partial charge in [-0.2, -0.15) is 18.3 Å². The van der Waals surface area contributed by atoms with Crippen molar-refractivity contribution in [1.29, 1.82) is 0 Å². The zero-order valence-electron chi connectivity index (χ0n) is 18.0. The molecule has 176 valence electrons. The predicted octanol–water partition coefficient (Wildman–Crippen LogP) is 5.04. The Balaban J connectivity index is 1.57. The number of carbonyl (C=O) groups excluding carboxylic acids is 2. The van der Waals surface area contributed by atoms with E-state index in [1.807, 2.05) is 0 Å². The number of hydrogen-bond donors (Lipinski definition) is 3. The van der Waals surface area contributed by atoms with Crippen LogP contribution in [0.15, 0.2) is 58.0 Å². The summed E-state index contributed by atoms with van der Waals surface area (Å²) in [7, 11) is 0. The lowest BCUT2D eigenvalue weighted by Gasteiger charge is -2.13. The maximum Gasteiger partial charge on any atom is 0.416 e. The number of anilines is 1. The van der Waals surface area contributed by atoms with Crippen LogP contribution in [0.2, 0.25) is 0 Å². The molecule has 1 aliphatic carbocycles. The average molecular weight is 471 g/mol. The summed E-state index contributed by atoms with van der Waals surface area (Å²) in [6, 6.07) is 10.4. The molecule has 7 nitrogen and oxygen atoms in total. The fraction of sp³-hybridized carbons (Fsp3) is 0.208. The third kappa shape index (κ3) is 4.66. The molecule has 3 aromatic rings. The summed E-state index contributed by atoms with van der Waals surface area (Å²) >= 11 is 0. The minimum Gasteiger partial charge on any atom is -0.507 e. The molecule has 2 aromatic carbocycles. The molecule has 0 aliphatic heterocycles. The molecule has 2 amide bonds. The Morgan fingerprint density at radius 1 is 1.06 bits per heavy atom. The van der Waals surface area contributed by atoms with Crippen LogP contribution in [-0.4, -0.2) is 22.6 Å². The summed E-state index contributed by atoms with van der Waals surface area (Å²) in [6.07, 6.45) is -2.81. The van der Waals surface area contributed by atoms with Gasteiger partial charge >= 0.3 is 6.18 Å². The highest BCUT2D eigenvalue weighted by Gasteiger charge is 2.31. The molecule has 0 unspecified atom stereocenters. The maximum absolute atomic E-state index is 13.0. The lowest BCUT2D eigenvalue weighted by atomic mass is 9.93. The van der Waals surface area contributed by atoms with Crippen LogP contribution in [0.25, 0.3) is 0 Å². The van der Waals surface area contributed by atoms with Crippen molar-refractivity contribution in [2.75, 3.05) is 5.32 Å². The number of phenols is 1. The molecule has 0 radical (unpaired) electrons. The van der Waals surface area contributed by atoms with E-state index in [1.165, 1.54) is 24.3 Å². The van der Waals surface area contributed by atoms with Gasteiger partial charge in [0.15, 0.2) is 5.76 Å². The Bertz CT molecular complexity index is 1290. The maximum atomic E-state index is 13.0. The van der Waals surface area contributed by atoms with Gasteiger partial charge in [0.05, 0.1) is 16.8 Å². The topological polar surface area (TPSA) is 104 Å². The number of amides is 2. The molecule has 0 saturated heterocycles. The van der Waals surface area contributed by atoms with Crippen molar-refractivity contribution >= 4 is 23.2 Å². The molecular weight excluding hydrogens is 451 g/mol. The van der Waals surface area contributed by atoms with Crippen LogP contribution < -0.4 is 10.7 Å². The van der Waals surface area contributed by atoms with E-state index in [2.05, 4.69) is 15.8 Å². The molecule has 0 fully saturated rings. The second-order valence-electron chi connectivity index (χ2n) is 7.76. The van der Waals surface area contributed by atoms with E-state index in [9.17, 15) is 27.9 Å². The van der Waals surface area contributed by atoms with Gasteiger partial charge in [0, 0.05) is 23.2 Å². The zero-order chi connectivity index (χ0) is 24.5. The van der Waals surface area contributed by atoms with Crippen molar-refractivity contribution in [3.63, 3.8) is 0 Å². The number of furan rings is 1. The molecular formula is C24H20F3N3O4. The number of rotatable bonds is 4. The number of aromatic hydroxyl groups is 1. The van der Waals surface area contributed by atoms with Crippen LogP contribution in [0, 0.1) is 6.92 Å². The van der Waals surface area contributed by atoms with Crippen LogP contribution in [-0.2, 0) is 12.6 Å². The molecule has 0 spiro atoms. The van der Waals surface area contributed by atoms with Gasteiger partial charge in [-0.15, -0.1) is 0 Å². The number of hydrogen-bond acceptors (Lipinski definition) is 5. The number of phenolic OH excluding ortho intramolecular Hbond substituents is 1. The van der Waals surface area contributed by atoms with Gasteiger partial charge in [-0.3, -0.25) is 9.59 Å². The van der Waals surface area contributed by atoms with E-state index in [0.29, 0.717) is 41.9 Å². The van der Waals surface area contributed by atoms with Gasteiger partial charge in [0.1, 0.15) is 11.5 Å². The van der Waals surface area contributed by atoms with Crippen molar-refractivity contribution in [1.82, 2.24) is 5.43 Å². The van der Waals surface area contributed by atoms with E-state index in [1.54, 1.807) is 19.1 Å². The summed E-state index contributed by atoms with van der Waals surface area (Å²) in [5.74, 6) is -1.000. The van der Waals surface area contributed by atoms with Gasteiger partial charge in [-0.1, -0.05) is 18.2 Å². The number of benzene rings is 2. The molecule has 10 heteroatoms. The van der Waals surface area contributed by atoms with Crippen molar-refractivity contribution in [2.24, 2.45) is 5.10 Å². The third-order valence-corrected chi connectivity index (χ3v) is 5.42. The first-order chi connectivity index (χ1) is 16.1. The van der Waals surface area contributed by atoms with Crippen LogP contribution in [0.4, 0.5) is 18.9 Å². The number of carbonyl (C=O) groups is 2. The molecule has 0 atom stereocenters. The smallest absolute Gasteiger partial charge is 0.416 e. The molecule has 1 aliphatic rings. The van der Waals surface area contributed by atoms with E-state index >= 15 is 0 Å². The lowest BCUT2D eigenvalue weighted by Crippen LogP contribution is -2.22. The summed E-state index contributed by atoms with van der Waals surface area (Å²) < 4.78 is 44.6. The van der Waals surface area contributed by atoms with Crippen molar-refractivity contribution in [3.8, 4) is 5.75 Å². The first-order valence-corrected chi connectivity index (χ1v) is 10.4. The minimum absolute atomic E-state index is 0.0163. The van der Waals surface area contributed by atoms with E-state index in [0.717, 1.165) is 12.1 Å². The van der Waals surface area contributed by atoms with Gasteiger partial charge < -0.3 is 14.8 Å². The highest BCUT2D eigenvalue weighted by molar-refractivity contribution is 6.09. The number of halogens is 3. The van der Waals surface area contributed by atoms with Gasteiger partial charge in [-0.05, 0) is 50.1 Å². The van der Waals surface area contributed by atoms with Crippen LogP contribution >= 0.6 is 0 Å². The Morgan fingerprint density at radius 3 is 2.56 bits per heavy atom. The van der Waals surface area contributed by atoms with Gasteiger partial charge in [0.25, 0.3) is 11.8 Å². The molecule has 1 aromatic heterocycles. The van der Waals surface area contributed by atoms with E-state index in [-0.39, 0.29) is 22.8 Å². The van der Waals surface area contributed by atoms with E-state index < -0.39 is 23.6 Å². The Labute approximate surface area is 192 Å². The summed E-state index contributed by atoms with van der Waals surface area (Å²) in [5, 5.41) is 16.5. The summed E-state index contributed by atoms with van der Waals surface area (Å²) in [6.45, 7) is 1.65. The monoisotopic (exact) mass is 471 g/mol. The zero-order valence-corrected chi connectivity index (χ0v) is 18.0. The van der Waals surface area contributed by atoms with Crippen molar-refractivity contribution < 1.29 is 32.3 Å². The SMILES string of the molecule is Cc1c(C(=O)Nc2cccc(C(F)(F)F)c2)oc2c1/C(=N/NC(=O)c1ccccc1O)CCC2. The number of hydrazone groups is 1. The third-order valence-electron chi connectivity index (χ3n) is 5.42. The largest absolute Gasteiger partial charge is 0.507 e. The summed E-state index contributed by atoms with van der Waals surface area (Å²) in [4.78, 5) is 25.2. The molecule has 0 saturated carbocycles. The van der Waals surface area contributed by atoms with Crippen LogP contribution in [0.1, 0.15) is 56.2 Å². The number of nitrogens with zero attached hydrogens (tertiary/aromatic N) is 1. The van der Waals surface area contributed by atoms with E-state index in [4.69, 9.17) is 4.42 Å². The standard InChI is InChI=1S/C24H20F3N3O4/c1-13-20-17(29-30-22(32)16-8-2-3-10-18(16)31)9-5-11-19(20)34-21(13)23(33)28-15-7-4-6-14(12-15)24(25,26)27/h2-4,6-8,10,12,31H,5,9,11H2,1H3,(H,28,33)(H,30,32)/b29-17+. The average Bonchev–Trinajstić information content (AvgIpc) is 3.14. The van der Waals surface area contributed by atoms with Crippen molar-refractivity contribution in [2.45, 2.75) is 32.4 Å². The van der Waals surface area contributed by atoms with Crippen molar-refractivity contribution in [3.05, 3.63) is 82.3 Å². The minimum atomic E-state index is -4.53. The Morgan fingerprint density at radius 2 is 1.82 bits per heavy atom. The molecule has 4 rings (SSSR count). The van der Waals surface area contributed by atoms with Crippen LogP contribution in [0.3, 0.4) is 0 Å². The Kier molecular flexibility index (Phi) is 6.14. The van der Waals surface area contributed by atoms with Gasteiger partial charge in [0.2, 0.25) is 0 Å². The van der Waals surface area contributed by atoms with Crippen LogP contribution in [0.5, 0.6) is 5.75 Å². The number of fused-ring (bicyclic) bond motifs is 1. The summed E-state index contributed by atoms with van der Waals surface area (Å²) in [5.41, 5.74) is 3.14. The second-order valence-corrected chi connectivity index (χ2v) is 7.76. The lowest BCUT2D eigenvalue weighted by molar-refractivity contribution is -0.137. The predicted molar refractivity (Wildman–Crippen MR) is 118 cm³/mol. The number of para-hydroxylation sites is 1. The number of aryl methyl sites for hydroxylation is 1. The Hall–Kier alpha value is -4.08.